The highest BCUT2D eigenvalue weighted by Gasteiger charge is 2.40. The molecule has 0 radical (unpaired) electrons. The van der Waals surface area contributed by atoms with Gasteiger partial charge < -0.3 is 29.9 Å². The molecule has 1 unspecified atom stereocenters. The lowest BCUT2D eigenvalue weighted by Gasteiger charge is -2.31. The van der Waals surface area contributed by atoms with Crippen LogP contribution < -0.4 is 9.47 Å². The van der Waals surface area contributed by atoms with Gasteiger partial charge in [0.25, 0.3) is 0 Å². The van der Waals surface area contributed by atoms with Gasteiger partial charge >= 0.3 is 17.9 Å². The first kappa shape index (κ1) is 32.5. The molecule has 0 aliphatic carbocycles. The van der Waals surface area contributed by atoms with Crippen LogP contribution in [0, 0.1) is 12.8 Å². The summed E-state index contributed by atoms with van der Waals surface area (Å²) in [5, 5.41) is 38.1. The van der Waals surface area contributed by atoms with Crippen molar-refractivity contribution in [3.8, 4) is 11.5 Å². The summed E-state index contributed by atoms with van der Waals surface area (Å²) in [6.45, 7) is 5.81. The number of ether oxygens (including phenoxy) is 2. The molecular weight excluding hydrogens is 550 g/mol. The van der Waals surface area contributed by atoms with Crippen LogP contribution in [0.1, 0.15) is 38.3 Å². The molecule has 3 rings (SSSR count). The first-order valence-electron chi connectivity index (χ1n) is 12.4. The van der Waals surface area contributed by atoms with Crippen LogP contribution in [-0.2, 0) is 31.0 Å². The molecule has 1 saturated heterocycles. The van der Waals surface area contributed by atoms with Crippen molar-refractivity contribution in [1.29, 1.82) is 0 Å². The maximum atomic E-state index is 13.1. The second-order valence-corrected chi connectivity index (χ2v) is 11.2. The Morgan fingerprint density at radius 3 is 2.27 bits per heavy atom. The number of nitrogens with zero attached hydrogens (tertiary/aromatic N) is 3. The standard InChI is InChI=1S/C19H27N3O4S.C6H8O7/c1-4-21-13-19(15(2)20-21)27(23,24)22-10-6-7-16(12-22)14-26-18-9-5-8-17(11-18)25-3;7-3(8)1-6(13,5(11)12)2-4(9)10/h5,8-9,11,13,16H,4,6-7,10,12,14H2,1-3H3;13H,1-2H2,(H,7,8)(H,9,10)(H,11,12). The zero-order valence-electron chi connectivity index (χ0n) is 22.5. The minimum absolute atomic E-state index is 0.154. The van der Waals surface area contributed by atoms with Gasteiger partial charge in [-0.2, -0.15) is 9.40 Å². The Labute approximate surface area is 231 Å². The molecule has 4 N–H and O–H groups in total. The highest BCUT2D eigenvalue weighted by molar-refractivity contribution is 7.89. The Hall–Kier alpha value is -3.69. The lowest BCUT2D eigenvalue weighted by atomic mass is 9.96. The van der Waals surface area contributed by atoms with Crippen LogP contribution in [0.15, 0.2) is 35.4 Å². The van der Waals surface area contributed by atoms with Gasteiger partial charge in [-0.05, 0) is 38.8 Å². The topological polar surface area (TPSA) is 206 Å². The van der Waals surface area contributed by atoms with E-state index >= 15 is 0 Å². The van der Waals surface area contributed by atoms with Crippen molar-refractivity contribution >= 4 is 27.9 Å². The summed E-state index contributed by atoms with van der Waals surface area (Å²) in [5.41, 5.74) is -2.19. The molecule has 1 aromatic heterocycles. The maximum absolute atomic E-state index is 13.1. The molecule has 14 nitrogen and oxygen atoms in total. The largest absolute Gasteiger partial charge is 0.497 e. The van der Waals surface area contributed by atoms with Crippen LogP contribution in [0.4, 0.5) is 0 Å². The summed E-state index contributed by atoms with van der Waals surface area (Å²) in [5.74, 6) is -3.39. The van der Waals surface area contributed by atoms with Crippen LogP contribution in [0.5, 0.6) is 11.5 Å². The van der Waals surface area contributed by atoms with Crippen molar-refractivity contribution in [3.63, 3.8) is 0 Å². The van der Waals surface area contributed by atoms with E-state index in [1.807, 2.05) is 31.2 Å². The number of aromatic nitrogens is 2. The Morgan fingerprint density at radius 1 is 1.12 bits per heavy atom. The zero-order chi connectivity index (χ0) is 30.1. The van der Waals surface area contributed by atoms with Crippen LogP contribution in [0.2, 0.25) is 0 Å². The van der Waals surface area contributed by atoms with Gasteiger partial charge in [0.05, 0.1) is 32.3 Å². The molecular formula is C25H35N3O11S. The third-order valence-corrected chi connectivity index (χ3v) is 8.11. The number of aryl methyl sites for hydroxylation is 2. The lowest BCUT2D eigenvalue weighted by molar-refractivity contribution is -0.170. The van der Waals surface area contributed by atoms with Crippen molar-refractivity contribution in [2.45, 2.75) is 56.6 Å². The summed E-state index contributed by atoms with van der Waals surface area (Å²) in [6, 6.07) is 7.45. The molecule has 222 valence electrons. The SMILES string of the molecule is CCn1cc(S(=O)(=O)N2CCCC(COc3cccc(OC)c3)C2)c(C)n1.O=C(O)CC(O)(CC(=O)O)C(=O)O. The van der Waals surface area contributed by atoms with Gasteiger partial charge in [-0.15, -0.1) is 0 Å². The number of carbonyl (C=O) groups is 3. The summed E-state index contributed by atoms with van der Waals surface area (Å²) < 4.78 is 40.4. The first-order valence-corrected chi connectivity index (χ1v) is 13.9. The molecule has 1 fully saturated rings. The first-order chi connectivity index (χ1) is 18.7. The third-order valence-electron chi connectivity index (χ3n) is 6.14. The van der Waals surface area contributed by atoms with Gasteiger partial charge in [0.1, 0.15) is 16.4 Å². The molecule has 1 aliphatic rings. The number of carboxylic acid groups (broad SMARTS) is 3. The Balaban J connectivity index is 0.000000366. The van der Waals surface area contributed by atoms with Crippen molar-refractivity contribution in [1.82, 2.24) is 14.1 Å². The zero-order valence-corrected chi connectivity index (χ0v) is 23.3. The second-order valence-electron chi connectivity index (χ2n) is 9.27. The number of hydrogen-bond acceptors (Lipinski definition) is 9. The lowest BCUT2D eigenvalue weighted by Crippen LogP contribution is -2.42. The Kier molecular flexibility index (Phi) is 11.5. The number of aliphatic carboxylic acids is 3. The van der Waals surface area contributed by atoms with Gasteiger partial charge in [0.15, 0.2) is 5.60 Å². The smallest absolute Gasteiger partial charge is 0.336 e. The Morgan fingerprint density at radius 2 is 1.75 bits per heavy atom. The highest BCUT2D eigenvalue weighted by Crippen LogP contribution is 2.27. The fraction of sp³-hybridized carbons (Fsp3) is 0.520. The molecule has 0 saturated carbocycles. The summed E-state index contributed by atoms with van der Waals surface area (Å²) in [6.07, 6.45) is 1.11. The van der Waals surface area contributed by atoms with Gasteiger partial charge in [-0.1, -0.05) is 6.07 Å². The number of sulfonamides is 1. The number of rotatable bonds is 12. The highest BCUT2D eigenvalue weighted by atomic mass is 32.2. The van der Waals surface area contributed by atoms with E-state index in [0.717, 1.165) is 24.3 Å². The van der Waals surface area contributed by atoms with E-state index in [9.17, 15) is 22.8 Å². The molecule has 0 amide bonds. The van der Waals surface area contributed by atoms with E-state index in [2.05, 4.69) is 5.10 Å². The van der Waals surface area contributed by atoms with Gasteiger partial charge in [-0.25, -0.2) is 13.2 Å². The van der Waals surface area contributed by atoms with Crippen LogP contribution in [0.3, 0.4) is 0 Å². The fourth-order valence-electron chi connectivity index (χ4n) is 4.05. The molecule has 1 aliphatic heterocycles. The minimum atomic E-state index is -3.53. The average molecular weight is 586 g/mol. The minimum Gasteiger partial charge on any atom is -0.497 e. The quantitative estimate of drug-likeness (QED) is 0.279. The number of piperidine rings is 1. The van der Waals surface area contributed by atoms with Crippen LogP contribution in [0.25, 0.3) is 0 Å². The predicted octanol–water partition coefficient (Wildman–Crippen LogP) is 1.45. The number of aliphatic hydroxyl groups is 1. The molecule has 0 bridgehead atoms. The molecule has 40 heavy (non-hydrogen) atoms. The number of methoxy groups -OCH3 is 1. The van der Waals surface area contributed by atoms with Gasteiger partial charge in [0, 0.05) is 37.8 Å². The molecule has 2 heterocycles. The molecule has 2 aromatic rings. The average Bonchev–Trinajstić information content (AvgIpc) is 3.28. The summed E-state index contributed by atoms with van der Waals surface area (Å²) >= 11 is 0. The molecule has 1 aromatic carbocycles. The number of hydrogen-bond donors (Lipinski definition) is 4. The van der Waals surface area contributed by atoms with Crippen molar-refractivity contribution in [3.05, 3.63) is 36.2 Å². The Bertz CT molecular complexity index is 1280. The maximum Gasteiger partial charge on any atom is 0.336 e. The van der Waals surface area contributed by atoms with Crippen LogP contribution in [-0.4, -0.2) is 93.2 Å². The van der Waals surface area contributed by atoms with E-state index in [-0.39, 0.29) is 5.92 Å². The van der Waals surface area contributed by atoms with Gasteiger partial charge in [-0.3, -0.25) is 14.3 Å². The second kappa shape index (κ2) is 14.1. The van der Waals surface area contributed by atoms with E-state index in [1.54, 1.807) is 29.2 Å². The van der Waals surface area contributed by atoms with E-state index in [1.165, 1.54) is 0 Å². The van der Waals surface area contributed by atoms with Crippen LogP contribution >= 0.6 is 0 Å². The van der Waals surface area contributed by atoms with E-state index < -0.39 is 46.4 Å². The summed E-state index contributed by atoms with van der Waals surface area (Å²) in [7, 11) is -1.92. The predicted molar refractivity (Wildman–Crippen MR) is 140 cm³/mol. The van der Waals surface area contributed by atoms with E-state index in [4.69, 9.17) is 29.9 Å². The third kappa shape index (κ3) is 8.93. The molecule has 15 heteroatoms. The fourth-order valence-corrected chi connectivity index (χ4v) is 5.78. The van der Waals surface area contributed by atoms with Crippen molar-refractivity contribution in [2.75, 3.05) is 26.8 Å². The number of carboxylic acids is 3. The summed E-state index contributed by atoms with van der Waals surface area (Å²) in [4.78, 5) is 30.8. The number of benzene rings is 1. The molecule has 1 atom stereocenters. The monoisotopic (exact) mass is 585 g/mol. The van der Waals surface area contributed by atoms with E-state index in [0.29, 0.717) is 36.8 Å². The van der Waals surface area contributed by atoms with Gasteiger partial charge in [0.2, 0.25) is 10.0 Å². The van der Waals surface area contributed by atoms with Crippen molar-refractivity contribution in [2.24, 2.45) is 5.92 Å². The normalized spacial score (nSPS) is 15.9. The van der Waals surface area contributed by atoms with Crippen molar-refractivity contribution < 1.29 is 52.7 Å². The molecule has 0 spiro atoms.